The zero-order valence-corrected chi connectivity index (χ0v) is 11.7. The Bertz CT molecular complexity index is 334. The molecule has 4 nitrogen and oxygen atoms in total. The first-order valence-electron chi connectivity index (χ1n) is 7.62. The molecule has 0 aromatic heterocycles. The Kier molecular flexibility index (Phi) is 4.83. The molecule has 0 saturated heterocycles. The highest BCUT2D eigenvalue weighted by molar-refractivity contribution is 5.86. The molecule has 2 unspecified atom stereocenters. The molecule has 2 atom stereocenters. The lowest BCUT2D eigenvalue weighted by Gasteiger charge is -2.33. The van der Waals surface area contributed by atoms with Crippen LogP contribution in [0.2, 0.25) is 0 Å². The monoisotopic (exact) mass is 267 g/mol. The maximum absolute atomic E-state index is 11.9. The molecular weight excluding hydrogens is 242 g/mol. The highest BCUT2D eigenvalue weighted by Gasteiger charge is 2.41. The molecule has 108 valence electrons. The van der Waals surface area contributed by atoms with Gasteiger partial charge in [-0.2, -0.15) is 0 Å². The number of rotatable bonds is 5. The van der Waals surface area contributed by atoms with E-state index in [0.717, 1.165) is 18.9 Å². The fourth-order valence-corrected chi connectivity index (χ4v) is 3.33. The van der Waals surface area contributed by atoms with Crippen LogP contribution in [0, 0.1) is 23.7 Å². The Morgan fingerprint density at radius 2 is 1.58 bits per heavy atom. The van der Waals surface area contributed by atoms with E-state index in [1.54, 1.807) is 0 Å². The number of carbonyl (C=O) groups is 2. The molecule has 0 aromatic rings. The third kappa shape index (κ3) is 3.48. The van der Waals surface area contributed by atoms with Gasteiger partial charge >= 0.3 is 5.97 Å². The van der Waals surface area contributed by atoms with Gasteiger partial charge in [-0.25, -0.2) is 0 Å². The topological polar surface area (TPSA) is 66.4 Å². The zero-order chi connectivity index (χ0) is 13.8. The number of hydrogen-bond acceptors (Lipinski definition) is 2. The lowest BCUT2D eigenvalue weighted by atomic mass is 9.73. The van der Waals surface area contributed by atoms with Gasteiger partial charge in [0.05, 0.1) is 11.8 Å². The molecule has 0 spiro atoms. The minimum atomic E-state index is -0.824. The summed E-state index contributed by atoms with van der Waals surface area (Å²) in [5, 5.41) is 11.9. The van der Waals surface area contributed by atoms with Crippen molar-refractivity contribution in [3.8, 4) is 0 Å². The number of aliphatic carboxylic acids is 1. The molecule has 0 aromatic carbocycles. The molecule has 1 amide bonds. The first kappa shape index (κ1) is 14.4. The van der Waals surface area contributed by atoms with Gasteiger partial charge in [0.2, 0.25) is 5.91 Å². The third-order valence-electron chi connectivity index (χ3n) is 5.04. The van der Waals surface area contributed by atoms with E-state index in [9.17, 15) is 9.59 Å². The maximum atomic E-state index is 11.9. The number of carbonyl (C=O) groups excluding carboxylic acids is 1. The number of amides is 1. The smallest absolute Gasteiger partial charge is 0.307 e. The zero-order valence-electron chi connectivity index (χ0n) is 11.7. The van der Waals surface area contributed by atoms with Crippen molar-refractivity contribution in [2.24, 2.45) is 23.7 Å². The van der Waals surface area contributed by atoms with Crippen LogP contribution in [0.15, 0.2) is 0 Å². The van der Waals surface area contributed by atoms with Gasteiger partial charge in [-0.3, -0.25) is 9.59 Å². The van der Waals surface area contributed by atoms with Gasteiger partial charge in [-0.15, -0.1) is 0 Å². The van der Waals surface area contributed by atoms with E-state index in [-0.39, 0.29) is 11.8 Å². The first-order chi connectivity index (χ1) is 9.11. The first-order valence-corrected chi connectivity index (χ1v) is 7.62. The number of carboxylic acids is 1. The Hall–Kier alpha value is -1.06. The summed E-state index contributed by atoms with van der Waals surface area (Å²) in [4.78, 5) is 22.8. The number of nitrogens with one attached hydrogen (secondary N) is 1. The number of hydrogen-bond donors (Lipinski definition) is 2. The van der Waals surface area contributed by atoms with Crippen LogP contribution in [0.3, 0.4) is 0 Å². The summed E-state index contributed by atoms with van der Waals surface area (Å²) in [6, 6.07) is 0. The molecule has 0 heterocycles. The highest BCUT2D eigenvalue weighted by atomic mass is 16.4. The van der Waals surface area contributed by atoms with Crippen molar-refractivity contribution in [3.63, 3.8) is 0 Å². The summed E-state index contributed by atoms with van der Waals surface area (Å²) >= 11 is 0. The quantitative estimate of drug-likeness (QED) is 0.804. The molecule has 2 fully saturated rings. The molecule has 0 aliphatic heterocycles. The van der Waals surface area contributed by atoms with Crippen molar-refractivity contribution >= 4 is 11.9 Å². The van der Waals surface area contributed by atoms with E-state index in [1.807, 2.05) is 0 Å². The molecule has 4 heteroatoms. The van der Waals surface area contributed by atoms with E-state index in [2.05, 4.69) is 12.2 Å². The Balaban J connectivity index is 1.68. The molecule has 0 radical (unpaired) electrons. The van der Waals surface area contributed by atoms with E-state index >= 15 is 0 Å². The van der Waals surface area contributed by atoms with Crippen molar-refractivity contribution in [2.75, 3.05) is 6.54 Å². The van der Waals surface area contributed by atoms with Gasteiger partial charge in [0.1, 0.15) is 0 Å². The third-order valence-corrected chi connectivity index (χ3v) is 5.04. The van der Waals surface area contributed by atoms with E-state index in [0.29, 0.717) is 12.3 Å². The molecule has 2 N–H and O–H groups in total. The summed E-state index contributed by atoms with van der Waals surface area (Å²) < 4.78 is 0. The molecule has 19 heavy (non-hydrogen) atoms. The van der Waals surface area contributed by atoms with E-state index in [1.165, 1.54) is 32.1 Å². The predicted octanol–water partition coefficient (Wildman–Crippen LogP) is 2.43. The number of carboxylic acid groups (broad SMARTS) is 1. The van der Waals surface area contributed by atoms with E-state index in [4.69, 9.17) is 5.11 Å². The lowest BCUT2D eigenvalue weighted by Crippen LogP contribution is -2.45. The van der Waals surface area contributed by atoms with E-state index < -0.39 is 11.9 Å². The van der Waals surface area contributed by atoms with Crippen LogP contribution >= 0.6 is 0 Å². The predicted molar refractivity (Wildman–Crippen MR) is 72.6 cm³/mol. The van der Waals surface area contributed by atoms with Gasteiger partial charge in [0.25, 0.3) is 0 Å². The average Bonchev–Trinajstić information content (AvgIpc) is 2.35. The summed E-state index contributed by atoms with van der Waals surface area (Å²) in [5.74, 6) is -0.142. The van der Waals surface area contributed by atoms with Crippen LogP contribution in [-0.4, -0.2) is 23.5 Å². The molecule has 2 saturated carbocycles. The largest absolute Gasteiger partial charge is 0.481 e. The van der Waals surface area contributed by atoms with Crippen LogP contribution in [-0.2, 0) is 9.59 Å². The standard InChI is InChI=1S/C15H25NO3/c1-2-10-3-5-11(6-4-10)9-16-14(17)12-7-8-13(12)15(18)19/h10-13H,2-9H2,1H3,(H,16,17)(H,18,19). The van der Waals surface area contributed by atoms with Gasteiger partial charge < -0.3 is 10.4 Å². The van der Waals surface area contributed by atoms with Crippen LogP contribution in [0.4, 0.5) is 0 Å². The maximum Gasteiger partial charge on any atom is 0.307 e. The van der Waals surface area contributed by atoms with Gasteiger partial charge in [-0.05, 0) is 37.5 Å². The summed E-state index contributed by atoms with van der Waals surface area (Å²) in [6.07, 6.45) is 7.59. The minimum Gasteiger partial charge on any atom is -0.481 e. The fraction of sp³-hybridized carbons (Fsp3) is 0.867. The van der Waals surface area contributed by atoms with Crippen LogP contribution in [0.25, 0.3) is 0 Å². The fourth-order valence-electron chi connectivity index (χ4n) is 3.33. The van der Waals surface area contributed by atoms with Gasteiger partial charge in [0, 0.05) is 6.54 Å². The average molecular weight is 267 g/mol. The molecule has 2 aliphatic rings. The van der Waals surface area contributed by atoms with Crippen molar-refractivity contribution in [2.45, 2.75) is 51.9 Å². The Labute approximate surface area is 115 Å². The second-order valence-corrected chi connectivity index (χ2v) is 6.17. The van der Waals surface area contributed by atoms with Crippen molar-refractivity contribution in [1.29, 1.82) is 0 Å². The van der Waals surface area contributed by atoms with Crippen LogP contribution in [0.5, 0.6) is 0 Å². The second-order valence-electron chi connectivity index (χ2n) is 6.17. The summed E-state index contributed by atoms with van der Waals surface area (Å²) in [7, 11) is 0. The SMILES string of the molecule is CCC1CCC(CNC(=O)C2CCC2C(=O)O)CC1. The van der Waals surface area contributed by atoms with Gasteiger partial charge in [0.15, 0.2) is 0 Å². The molecular formula is C15H25NO3. The molecule has 2 rings (SSSR count). The summed E-state index contributed by atoms with van der Waals surface area (Å²) in [5.41, 5.74) is 0. The molecule has 2 aliphatic carbocycles. The van der Waals surface area contributed by atoms with Crippen molar-refractivity contribution in [3.05, 3.63) is 0 Å². The van der Waals surface area contributed by atoms with Crippen molar-refractivity contribution < 1.29 is 14.7 Å². The second kappa shape index (κ2) is 6.40. The Morgan fingerprint density at radius 1 is 1.00 bits per heavy atom. The minimum absolute atomic E-state index is 0.0451. The Morgan fingerprint density at radius 3 is 2.05 bits per heavy atom. The van der Waals surface area contributed by atoms with Crippen LogP contribution < -0.4 is 5.32 Å². The van der Waals surface area contributed by atoms with Gasteiger partial charge in [-0.1, -0.05) is 26.2 Å². The van der Waals surface area contributed by atoms with Crippen LogP contribution in [0.1, 0.15) is 51.9 Å². The highest BCUT2D eigenvalue weighted by Crippen LogP contribution is 2.35. The summed E-state index contributed by atoms with van der Waals surface area (Å²) in [6.45, 7) is 2.98. The molecule has 0 bridgehead atoms. The normalized spacial score (nSPS) is 34.4. The lowest BCUT2D eigenvalue weighted by molar-refractivity contribution is -0.152. The van der Waals surface area contributed by atoms with Crippen molar-refractivity contribution in [1.82, 2.24) is 5.32 Å².